The third-order valence-corrected chi connectivity index (χ3v) is 7.22. The summed E-state index contributed by atoms with van der Waals surface area (Å²) in [6.45, 7) is 2.84. The first-order valence-electron chi connectivity index (χ1n) is 12.2. The van der Waals surface area contributed by atoms with E-state index in [2.05, 4.69) is 9.88 Å². The molecule has 11 heteroatoms. The van der Waals surface area contributed by atoms with E-state index in [4.69, 9.17) is 4.74 Å². The second kappa shape index (κ2) is 10.1. The Morgan fingerprint density at radius 1 is 1.05 bits per heavy atom. The molecule has 0 radical (unpaired) electrons. The Morgan fingerprint density at radius 3 is 2.16 bits per heavy atom. The second-order valence-corrected chi connectivity index (χ2v) is 9.77. The predicted octanol–water partition coefficient (Wildman–Crippen LogP) is 6.76. The summed E-state index contributed by atoms with van der Waals surface area (Å²) in [6.07, 6.45) is -5.28. The minimum absolute atomic E-state index is 0.0232. The maximum atomic E-state index is 13.4. The van der Waals surface area contributed by atoms with Crippen LogP contribution in [-0.4, -0.2) is 35.0 Å². The monoisotopic (exact) mass is 529 g/mol. The maximum Gasteiger partial charge on any atom is 0.416 e. The minimum atomic E-state index is -4.97. The highest BCUT2D eigenvalue weighted by atomic mass is 19.4. The van der Waals surface area contributed by atoms with Crippen LogP contribution in [0.5, 0.6) is 5.88 Å². The molecule has 0 bridgehead atoms. The highest BCUT2D eigenvalue weighted by molar-refractivity contribution is 5.74. The fraction of sp³-hybridized carbons (Fsp3) is 0.538. The lowest BCUT2D eigenvalue weighted by Crippen LogP contribution is -2.48. The van der Waals surface area contributed by atoms with Crippen molar-refractivity contribution in [2.24, 2.45) is 0 Å². The molecule has 37 heavy (non-hydrogen) atoms. The first kappa shape index (κ1) is 27.1. The summed E-state index contributed by atoms with van der Waals surface area (Å²) >= 11 is 0. The van der Waals surface area contributed by atoms with Gasteiger partial charge in [0.1, 0.15) is 0 Å². The summed E-state index contributed by atoms with van der Waals surface area (Å²) in [6, 6.07) is 4.64. The molecule has 202 valence electrons. The average Bonchev–Trinajstić information content (AvgIpc) is 3.34. The molecule has 0 spiro atoms. The van der Waals surface area contributed by atoms with E-state index in [0.29, 0.717) is 36.2 Å². The van der Waals surface area contributed by atoms with E-state index in [-0.39, 0.29) is 17.7 Å². The summed E-state index contributed by atoms with van der Waals surface area (Å²) in [5.74, 6) is -0.167. The van der Waals surface area contributed by atoms with Crippen molar-refractivity contribution >= 4 is 11.6 Å². The van der Waals surface area contributed by atoms with Gasteiger partial charge in [-0.05, 0) is 56.0 Å². The number of carbonyl (C=O) groups excluding carboxylic acids is 1. The van der Waals surface area contributed by atoms with E-state index in [9.17, 15) is 31.1 Å². The summed E-state index contributed by atoms with van der Waals surface area (Å²) < 4.78 is 85.9. The van der Waals surface area contributed by atoms with E-state index in [1.807, 2.05) is 13.0 Å². The third kappa shape index (κ3) is 5.65. The molecule has 2 aromatic rings. The zero-order valence-corrected chi connectivity index (χ0v) is 20.8. The topological polar surface area (TPSA) is 45.7 Å². The van der Waals surface area contributed by atoms with Gasteiger partial charge in [0.05, 0.1) is 35.7 Å². The molecule has 1 aliphatic heterocycles. The number of aromatic nitrogens is 1. The van der Waals surface area contributed by atoms with Crippen LogP contribution >= 0.6 is 0 Å². The van der Waals surface area contributed by atoms with Crippen LogP contribution in [-0.2, 0) is 23.7 Å². The van der Waals surface area contributed by atoms with Crippen molar-refractivity contribution in [2.75, 3.05) is 12.0 Å². The Morgan fingerprint density at radius 2 is 1.65 bits per heavy atom. The number of alkyl halides is 6. The van der Waals surface area contributed by atoms with Crippen LogP contribution in [0, 0.1) is 0 Å². The van der Waals surface area contributed by atoms with Crippen molar-refractivity contribution in [1.82, 2.24) is 9.88 Å². The van der Waals surface area contributed by atoms with Gasteiger partial charge in [-0.3, -0.25) is 4.79 Å². The van der Waals surface area contributed by atoms with Crippen LogP contribution in [0.15, 0.2) is 30.3 Å². The van der Waals surface area contributed by atoms with Gasteiger partial charge < -0.3 is 14.5 Å². The van der Waals surface area contributed by atoms with Crippen LogP contribution in [0.4, 0.5) is 32.0 Å². The molecular weight excluding hydrogens is 500 g/mol. The fourth-order valence-corrected chi connectivity index (χ4v) is 5.57. The number of amides is 1. The number of hydrogen-bond donors (Lipinski definition) is 0. The van der Waals surface area contributed by atoms with Crippen molar-refractivity contribution in [2.45, 2.75) is 83.0 Å². The van der Waals surface area contributed by atoms with Crippen molar-refractivity contribution in [3.63, 3.8) is 0 Å². The molecule has 0 saturated heterocycles. The zero-order chi connectivity index (χ0) is 27.1. The van der Waals surface area contributed by atoms with Gasteiger partial charge in [-0.1, -0.05) is 12.8 Å². The quantitative estimate of drug-likeness (QED) is 0.402. The van der Waals surface area contributed by atoms with Crippen molar-refractivity contribution in [1.29, 1.82) is 0 Å². The number of anilines is 1. The molecule has 1 amide bonds. The van der Waals surface area contributed by atoms with Gasteiger partial charge in [0.15, 0.2) is 0 Å². The SMILES string of the molecule is COc1ccc2c(n1)[C@@H](N(Cc1cc(C(F)(F)F)cc(C(F)(F)F)c1)C(C)=O)C[C@@H](C)N2C1CCCC1. The van der Waals surface area contributed by atoms with Gasteiger partial charge in [0.2, 0.25) is 11.8 Å². The number of carbonyl (C=O) groups is 1. The first-order valence-corrected chi connectivity index (χ1v) is 12.2. The number of hydrogen-bond acceptors (Lipinski definition) is 4. The molecule has 5 nitrogen and oxygen atoms in total. The Bertz CT molecular complexity index is 1110. The molecular formula is C26H29F6N3O2. The maximum absolute atomic E-state index is 13.4. The molecule has 1 fully saturated rings. The molecule has 2 atom stereocenters. The van der Waals surface area contributed by atoms with Gasteiger partial charge in [0, 0.05) is 31.6 Å². The van der Waals surface area contributed by atoms with E-state index in [1.54, 1.807) is 6.07 Å². The number of halogens is 6. The van der Waals surface area contributed by atoms with Crippen LogP contribution < -0.4 is 9.64 Å². The molecule has 1 aromatic carbocycles. The van der Waals surface area contributed by atoms with Gasteiger partial charge in [-0.2, -0.15) is 26.3 Å². The Kier molecular flexibility index (Phi) is 7.36. The molecule has 0 unspecified atom stereocenters. The largest absolute Gasteiger partial charge is 0.481 e. The normalized spacial score (nSPS) is 20.6. The van der Waals surface area contributed by atoms with Crippen molar-refractivity contribution < 1.29 is 35.9 Å². The summed E-state index contributed by atoms with van der Waals surface area (Å²) in [4.78, 5) is 21.0. The highest BCUT2D eigenvalue weighted by Gasteiger charge is 2.41. The highest BCUT2D eigenvalue weighted by Crippen LogP contribution is 2.44. The number of pyridine rings is 1. The number of benzene rings is 1. The van der Waals surface area contributed by atoms with Crippen molar-refractivity contribution in [3.8, 4) is 5.88 Å². The second-order valence-electron chi connectivity index (χ2n) is 9.77. The number of methoxy groups -OCH3 is 1. The third-order valence-electron chi connectivity index (χ3n) is 7.22. The molecule has 1 saturated carbocycles. The van der Waals surface area contributed by atoms with Gasteiger partial charge in [0.25, 0.3) is 0 Å². The lowest BCUT2D eigenvalue weighted by Gasteiger charge is -2.46. The smallest absolute Gasteiger partial charge is 0.416 e. The Hall–Kier alpha value is -2.98. The molecule has 1 aromatic heterocycles. The number of rotatable bonds is 5. The lowest BCUT2D eigenvalue weighted by atomic mass is 9.91. The van der Waals surface area contributed by atoms with Crippen LogP contribution in [0.2, 0.25) is 0 Å². The Balaban J connectivity index is 1.77. The van der Waals surface area contributed by atoms with Crippen LogP contribution in [0.25, 0.3) is 0 Å². The predicted molar refractivity (Wildman–Crippen MR) is 125 cm³/mol. The Labute approximate surface area is 211 Å². The molecule has 2 aliphatic rings. The lowest BCUT2D eigenvalue weighted by molar-refractivity contribution is -0.143. The molecule has 2 heterocycles. The summed E-state index contributed by atoms with van der Waals surface area (Å²) in [5.41, 5.74) is -1.74. The molecule has 1 aliphatic carbocycles. The number of fused-ring (bicyclic) bond motifs is 1. The van der Waals surface area contributed by atoms with Gasteiger partial charge in [-0.15, -0.1) is 0 Å². The van der Waals surface area contributed by atoms with Crippen LogP contribution in [0.3, 0.4) is 0 Å². The zero-order valence-electron chi connectivity index (χ0n) is 20.8. The summed E-state index contributed by atoms with van der Waals surface area (Å²) in [5, 5.41) is 0. The van der Waals surface area contributed by atoms with Crippen molar-refractivity contribution in [3.05, 3.63) is 52.7 Å². The first-order chi connectivity index (χ1) is 17.3. The van der Waals surface area contributed by atoms with Gasteiger partial charge in [-0.25, -0.2) is 4.98 Å². The number of nitrogens with zero attached hydrogens (tertiary/aromatic N) is 3. The molecule has 4 rings (SSSR count). The van der Waals surface area contributed by atoms with Gasteiger partial charge >= 0.3 is 12.4 Å². The average molecular weight is 530 g/mol. The van der Waals surface area contributed by atoms with E-state index in [1.165, 1.54) is 18.9 Å². The van der Waals surface area contributed by atoms with E-state index >= 15 is 0 Å². The standard InChI is InChI=1S/C26H29F6N3O2/c1-15-10-22(24-21(8-9-23(33-24)37-3)35(15)20-6-4-5-7-20)34(16(2)36)14-17-11-18(25(27,28)29)13-19(12-17)26(30,31)32/h8-9,11-13,15,20,22H,4-7,10,14H2,1-3H3/t15-,22+/m1/s1. The number of ether oxygens (including phenoxy) is 1. The minimum Gasteiger partial charge on any atom is -0.481 e. The summed E-state index contributed by atoms with van der Waals surface area (Å²) in [7, 11) is 1.45. The fourth-order valence-electron chi connectivity index (χ4n) is 5.57. The van der Waals surface area contributed by atoms with Crippen LogP contribution in [0.1, 0.15) is 74.4 Å². The van der Waals surface area contributed by atoms with E-state index < -0.39 is 42.0 Å². The van der Waals surface area contributed by atoms with E-state index in [0.717, 1.165) is 31.4 Å². The molecule has 0 N–H and O–H groups in total.